The smallest absolute Gasteiger partial charge is 0.251 e. The number of aromatic nitrogens is 6. The number of anilines is 4. The molecule has 0 bridgehead atoms. The molecule has 0 atom stereocenters. The van der Waals surface area contributed by atoms with E-state index >= 15 is 4.39 Å². The number of nitrogens with zero attached hydrogens (tertiary/aromatic N) is 6. The van der Waals surface area contributed by atoms with Gasteiger partial charge in [-0.15, -0.1) is 0 Å². The number of aryl methyl sites for hydroxylation is 4. The molecule has 0 aliphatic rings. The van der Waals surface area contributed by atoms with Crippen molar-refractivity contribution in [2.75, 3.05) is 46.1 Å². The molecule has 2 aromatic carbocycles. The maximum Gasteiger partial charge on any atom is 0.251 e. The van der Waals surface area contributed by atoms with Gasteiger partial charge in [-0.2, -0.15) is 0 Å². The van der Waals surface area contributed by atoms with Crippen LogP contribution in [0, 0.1) is 11.6 Å². The average Bonchev–Trinajstić information content (AvgIpc) is 3.28. The molecule has 0 saturated carbocycles. The molecule has 18 heteroatoms. The van der Waals surface area contributed by atoms with Crippen molar-refractivity contribution in [3.8, 4) is 23.3 Å². The summed E-state index contributed by atoms with van der Waals surface area (Å²) in [5, 5.41) is 11.5. The van der Waals surface area contributed by atoms with Crippen LogP contribution in [-0.2, 0) is 32.2 Å². The lowest BCUT2D eigenvalue weighted by Gasteiger charge is -2.13. The lowest BCUT2D eigenvalue weighted by molar-refractivity contribution is 0.0946. The van der Waals surface area contributed by atoms with E-state index < -0.39 is 17.5 Å². The highest BCUT2D eigenvalue weighted by Gasteiger charge is 2.18. The summed E-state index contributed by atoms with van der Waals surface area (Å²) >= 11 is 0. The number of nitrogens with one attached hydrogen (secondary N) is 4. The number of benzene rings is 2. The Kier molecular flexibility index (Phi) is 13.9. The van der Waals surface area contributed by atoms with Gasteiger partial charge in [-0.25, -0.2) is 38.7 Å². The van der Waals surface area contributed by atoms with E-state index in [9.17, 15) is 14.0 Å². The quantitative estimate of drug-likeness (QED) is 0.0822. The molecule has 4 heterocycles. The van der Waals surface area contributed by atoms with Crippen LogP contribution in [-0.4, -0.2) is 77.2 Å². The third-order valence-corrected chi connectivity index (χ3v) is 9.19. The Labute approximate surface area is 344 Å². The van der Waals surface area contributed by atoms with Crippen LogP contribution in [0.15, 0.2) is 79.5 Å². The van der Waals surface area contributed by atoms with Crippen molar-refractivity contribution in [3.05, 3.63) is 130 Å². The minimum absolute atomic E-state index is 0.0131. The zero-order valence-corrected chi connectivity index (χ0v) is 33.4. The Hall–Kier alpha value is -7.50. The van der Waals surface area contributed by atoms with Gasteiger partial charge in [0, 0.05) is 60.9 Å². The second-order valence-corrected chi connectivity index (χ2v) is 13.1. The summed E-state index contributed by atoms with van der Waals surface area (Å²) in [5.74, 6) is -0.668. The first-order valence-electron chi connectivity index (χ1n) is 18.5. The fraction of sp³-hybridized carbons (Fsp3) is 0.238. The summed E-state index contributed by atoms with van der Waals surface area (Å²) < 4.78 is 51.3. The number of carbonyl (C=O) groups is 2. The summed E-state index contributed by atoms with van der Waals surface area (Å²) in [6.45, 7) is 0.0399. The number of pyridine rings is 2. The number of hydrogen-bond donors (Lipinski definition) is 4. The van der Waals surface area contributed by atoms with E-state index in [0.717, 1.165) is 11.1 Å². The zero-order chi connectivity index (χ0) is 42.6. The molecular formula is C42H42F2N10O6. The fourth-order valence-electron chi connectivity index (χ4n) is 5.98. The predicted molar refractivity (Wildman–Crippen MR) is 217 cm³/mol. The molecule has 2 amide bonds. The molecule has 6 aromatic rings. The van der Waals surface area contributed by atoms with E-state index in [2.05, 4.69) is 51.2 Å². The summed E-state index contributed by atoms with van der Waals surface area (Å²) in [6, 6.07) is 12.6. The fourth-order valence-corrected chi connectivity index (χ4v) is 5.98. The number of carbonyl (C=O) groups excluding carboxylic acids is 2. The zero-order valence-electron chi connectivity index (χ0n) is 33.4. The minimum Gasteiger partial charge on any atom is -0.494 e. The van der Waals surface area contributed by atoms with Crippen LogP contribution in [0.1, 0.15) is 48.7 Å². The van der Waals surface area contributed by atoms with E-state index in [1.165, 1.54) is 59.8 Å². The summed E-state index contributed by atoms with van der Waals surface area (Å²) in [7, 11) is 7.17. The van der Waals surface area contributed by atoms with E-state index in [1.807, 2.05) is 0 Å². The van der Waals surface area contributed by atoms with Gasteiger partial charge >= 0.3 is 0 Å². The number of halogens is 2. The van der Waals surface area contributed by atoms with E-state index in [0.29, 0.717) is 58.4 Å². The summed E-state index contributed by atoms with van der Waals surface area (Å²) in [5.41, 5.74) is 4.29. The molecule has 310 valence electrons. The first kappa shape index (κ1) is 42.1. The van der Waals surface area contributed by atoms with Gasteiger partial charge in [0.2, 0.25) is 23.7 Å². The number of rotatable bonds is 18. The summed E-state index contributed by atoms with van der Waals surface area (Å²) in [4.78, 5) is 51.5. The Morgan fingerprint density at radius 3 is 1.73 bits per heavy atom. The van der Waals surface area contributed by atoms with E-state index in [-0.39, 0.29) is 54.2 Å². The molecule has 60 heavy (non-hydrogen) atoms. The maximum absolute atomic E-state index is 15.3. The maximum atomic E-state index is 15.3. The van der Waals surface area contributed by atoms with E-state index in [1.54, 1.807) is 55.2 Å². The molecule has 0 aliphatic heterocycles. The highest BCUT2D eigenvalue weighted by Crippen LogP contribution is 2.28. The Morgan fingerprint density at radius 2 is 1.20 bits per heavy atom. The topological polar surface area (TPSA) is 197 Å². The molecule has 4 aromatic heterocycles. The van der Waals surface area contributed by atoms with Crippen LogP contribution < -0.4 is 40.2 Å². The lowest BCUT2D eigenvalue weighted by Crippen LogP contribution is -2.24. The van der Waals surface area contributed by atoms with Crippen molar-refractivity contribution in [2.45, 2.75) is 32.2 Å². The molecule has 0 radical (unpaired) electrons. The van der Waals surface area contributed by atoms with Crippen LogP contribution in [0.3, 0.4) is 0 Å². The third-order valence-electron chi connectivity index (χ3n) is 9.19. The average molecular weight is 821 g/mol. The van der Waals surface area contributed by atoms with Crippen LogP contribution in [0.25, 0.3) is 0 Å². The van der Waals surface area contributed by atoms with Gasteiger partial charge in [0.15, 0.2) is 23.1 Å². The van der Waals surface area contributed by atoms with Crippen molar-refractivity contribution in [2.24, 2.45) is 0 Å². The molecule has 0 saturated heterocycles. The Balaban J connectivity index is 1.04. The predicted octanol–water partition coefficient (Wildman–Crippen LogP) is 5.72. The van der Waals surface area contributed by atoms with Crippen LogP contribution in [0.4, 0.5) is 32.1 Å². The molecular weight excluding hydrogens is 779 g/mol. The number of ether oxygens (including phenoxy) is 4. The lowest BCUT2D eigenvalue weighted by atomic mass is 10.0. The van der Waals surface area contributed by atoms with Gasteiger partial charge in [0.25, 0.3) is 11.8 Å². The van der Waals surface area contributed by atoms with Gasteiger partial charge in [0.1, 0.15) is 5.69 Å². The first-order chi connectivity index (χ1) is 29.1. The van der Waals surface area contributed by atoms with E-state index in [4.69, 9.17) is 18.9 Å². The van der Waals surface area contributed by atoms with Crippen LogP contribution in [0.2, 0.25) is 0 Å². The second-order valence-electron chi connectivity index (χ2n) is 13.1. The number of hydrogen-bond acceptors (Lipinski definition) is 14. The third kappa shape index (κ3) is 10.5. The van der Waals surface area contributed by atoms with Crippen molar-refractivity contribution >= 4 is 35.1 Å². The second kappa shape index (κ2) is 19.8. The first-order valence-corrected chi connectivity index (χ1v) is 18.5. The molecule has 0 fully saturated rings. The van der Waals surface area contributed by atoms with Gasteiger partial charge in [-0.1, -0.05) is 0 Å². The van der Waals surface area contributed by atoms with Gasteiger partial charge in [0.05, 0.1) is 40.7 Å². The molecule has 6 rings (SSSR count). The molecule has 0 aliphatic carbocycles. The van der Waals surface area contributed by atoms with Crippen molar-refractivity contribution in [1.82, 2.24) is 40.5 Å². The van der Waals surface area contributed by atoms with Crippen molar-refractivity contribution in [3.63, 3.8) is 0 Å². The van der Waals surface area contributed by atoms with Crippen molar-refractivity contribution in [1.29, 1.82) is 0 Å². The highest BCUT2D eigenvalue weighted by molar-refractivity contribution is 5.95. The summed E-state index contributed by atoms with van der Waals surface area (Å²) in [6.07, 6.45) is 9.46. The molecule has 4 N–H and O–H groups in total. The molecule has 0 spiro atoms. The van der Waals surface area contributed by atoms with Crippen LogP contribution in [0.5, 0.6) is 23.3 Å². The van der Waals surface area contributed by atoms with Gasteiger partial charge in [-0.05, 0) is 90.4 Å². The normalized spacial score (nSPS) is 10.7. The minimum atomic E-state index is -0.561. The standard InChI is InChI=1S/C42H42F2N10O6/c1-45-38(55)28-14-26(36(43)33(16-28)57-2)8-6-25-21-50-42(51-22-25)54-32-11-10-31(52-40(32)60-5)23-47-39(56)29-15-27(37(44)34(17-29)58-3)9-7-24-19-48-41(49-20-24)53-30-12-13-46-35(18-30)59-4/h10-22H,6-9,23H2,1-5H3,(H,45,55)(H,47,56)(H,50,51,54)(H,46,48,49,53). The van der Waals surface area contributed by atoms with Gasteiger partial charge in [-0.3, -0.25) is 9.59 Å². The number of amides is 2. The monoisotopic (exact) mass is 820 g/mol. The largest absolute Gasteiger partial charge is 0.494 e. The van der Waals surface area contributed by atoms with Crippen LogP contribution >= 0.6 is 0 Å². The van der Waals surface area contributed by atoms with Gasteiger partial charge < -0.3 is 40.2 Å². The van der Waals surface area contributed by atoms with Crippen molar-refractivity contribution < 1.29 is 37.3 Å². The SMILES string of the molecule is CNC(=O)c1cc(CCc2cnc(Nc3ccc(CNC(=O)c4cc(CCc5cnc(Nc6ccnc(OC)c6)nc5)c(F)c(OC)c4)nc3OC)nc2)c(F)c(OC)c1. The Morgan fingerprint density at radius 1 is 0.633 bits per heavy atom. The Bertz CT molecular complexity index is 2460. The molecule has 0 unspecified atom stereocenters. The number of methoxy groups -OCH3 is 4. The highest BCUT2D eigenvalue weighted by atomic mass is 19.1. The molecule has 16 nitrogen and oxygen atoms in total.